The third-order valence-electron chi connectivity index (χ3n) is 2.27. The lowest BCUT2D eigenvalue weighted by Gasteiger charge is -2.07. The van der Waals surface area contributed by atoms with Gasteiger partial charge in [0.15, 0.2) is 0 Å². The van der Waals surface area contributed by atoms with Crippen LogP contribution in [0.1, 0.15) is 17.5 Å². The Morgan fingerprint density at radius 1 is 1.47 bits per heavy atom. The molecule has 1 rings (SSSR count). The SMILES string of the molecule is Cc1ccnc(N)c1CCCS(C)(=O)=O. The van der Waals surface area contributed by atoms with Crippen molar-refractivity contribution in [2.45, 2.75) is 19.8 Å². The summed E-state index contributed by atoms with van der Waals surface area (Å²) in [5.41, 5.74) is 7.74. The number of nitrogens with two attached hydrogens (primary N) is 1. The second-order valence-corrected chi connectivity index (χ2v) is 5.98. The minimum Gasteiger partial charge on any atom is -0.383 e. The van der Waals surface area contributed by atoms with E-state index in [4.69, 9.17) is 5.73 Å². The molecule has 15 heavy (non-hydrogen) atoms. The summed E-state index contributed by atoms with van der Waals surface area (Å²) >= 11 is 0. The first kappa shape index (κ1) is 12.0. The van der Waals surface area contributed by atoms with E-state index in [1.165, 1.54) is 6.26 Å². The van der Waals surface area contributed by atoms with E-state index >= 15 is 0 Å². The van der Waals surface area contributed by atoms with Gasteiger partial charge in [-0.05, 0) is 37.0 Å². The van der Waals surface area contributed by atoms with Gasteiger partial charge in [-0.1, -0.05) is 0 Å². The number of rotatable bonds is 4. The zero-order chi connectivity index (χ0) is 11.5. The van der Waals surface area contributed by atoms with Gasteiger partial charge in [0, 0.05) is 12.5 Å². The number of aryl methyl sites for hydroxylation is 1. The standard InChI is InChI=1S/C10H16N2O2S/c1-8-5-6-12-10(11)9(8)4-3-7-15(2,13)14/h5-6H,3-4,7H2,1-2H3,(H2,11,12). The van der Waals surface area contributed by atoms with Crippen LogP contribution in [0, 0.1) is 6.92 Å². The lowest BCUT2D eigenvalue weighted by atomic mass is 10.1. The molecule has 84 valence electrons. The lowest BCUT2D eigenvalue weighted by molar-refractivity contribution is 0.599. The van der Waals surface area contributed by atoms with Crippen molar-refractivity contribution >= 4 is 15.7 Å². The first-order valence-corrected chi connectivity index (χ1v) is 6.84. The van der Waals surface area contributed by atoms with E-state index in [9.17, 15) is 8.42 Å². The quantitative estimate of drug-likeness (QED) is 0.832. The van der Waals surface area contributed by atoms with Crippen LogP contribution in [0.4, 0.5) is 5.82 Å². The Labute approximate surface area is 90.4 Å². The molecule has 1 aromatic rings. The van der Waals surface area contributed by atoms with E-state index in [0.717, 1.165) is 11.1 Å². The molecule has 1 aromatic heterocycles. The third kappa shape index (κ3) is 3.87. The molecule has 0 aliphatic heterocycles. The highest BCUT2D eigenvalue weighted by molar-refractivity contribution is 7.90. The first-order chi connectivity index (χ1) is 6.90. The molecule has 0 unspecified atom stereocenters. The summed E-state index contributed by atoms with van der Waals surface area (Å²) in [4.78, 5) is 3.98. The summed E-state index contributed by atoms with van der Waals surface area (Å²) in [6.07, 6.45) is 4.16. The molecule has 0 spiro atoms. The molecule has 0 aromatic carbocycles. The number of nitrogen functional groups attached to an aromatic ring is 1. The third-order valence-corrected chi connectivity index (χ3v) is 3.30. The molecule has 0 fully saturated rings. The van der Waals surface area contributed by atoms with Crippen LogP contribution < -0.4 is 5.73 Å². The van der Waals surface area contributed by atoms with E-state index in [1.807, 2.05) is 13.0 Å². The number of pyridine rings is 1. The van der Waals surface area contributed by atoms with E-state index in [1.54, 1.807) is 6.20 Å². The van der Waals surface area contributed by atoms with Crippen molar-refractivity contribution in [3.63, 3.8) is 0 Å². The number of sulfone groups is 1. The fourth-order valence-corrected chi connectivity index (χ4v) is 2.11. The Morgan fingerprint density at radius 2 is 2.13 bits per heavy atom. The summed E-state index contributed by atoms with van der Waals surface area (Å²) in [6, 6.07) is 1.88. The minimum absolute atomic E-state index is 0.195. The normalized spacial score (nSPS) is 11.6. The molecule has 2 N–H and O–H groups in total. The Bertz CT molecular complexity index is 420. The molecule has 5 heteroatoms. The molecule has 0 saturated heterocycles. The summed E-state index contributed by atoms with van der Waals surface area (Å²) < 4.78 is 21.9. The van der Waals surface area contributed by atoms with Crippen LogP contribution in [0.15, 0.2) is 12.3 Å². The summed E-state index contributed by atoms with van der Waals surface area (Å²) in [6.45, 7) is 1.95. The average molecular weight is 228 g/mol. The van der Waals surface area contributed by atoms with Gasteiger partial charge < -0.3 is 5.73 Å². The number of anilines is 1. The van der Waals surface area contributed by atoms with Crippen molar-refractivity contribution in [1.82, 2.24) is 4.98 Å². The van der Waals surface area contributed by atoms with Crippen molar-refractivity contribution in [1.29, 1.82) is 0 Å². The largest absolute Gasteiger partial charge is 0.383 e. The van der Waals surface area contributed by atoms with E-state index < -0.39 is 9.84 Å². The number of hydrogen-bond donors (Lipinski definition) is 1. The monoisotopic (exact) mass is 228 g/mol. The van der Waals surface area contributed by atoms with E-state index in [2.05, 4.69) is 4.98 Å². The van der Waals surface area contributed by atoms with Crippen molar-refractivity contribution in [3.05, 3.63) is 23.4 Å². The topological polar surface area (TPSA) is 73.0 Å². The zero-order valence-electron chi connectivity index (χ0n) is 9.03. The molecule has 0 atom stereocenters. The molecule has 0 aliphatic carbocycles. The van der Waals surface area contributed by atoms with E-state index in [0.29, 0.717) is 18.7 Å². The van der Waals surface area contributed by atoms with Crippen LogP contribution in [0.2, 0.25) is 0 Å². The first-order valence-electron chi connectivity index (χ1n) is 4.78. The fraction of sp³-hybridized carbons (Fsp3) is 0.500. The molecule has 0 saturated carbocycles. The highest BCUT2D eigenvalue weighted by Crippen LogP contribution is 2.15. The highest BCUT2D eigenvalue weighted by Gasteiger charge is 2.06. The molecule has 1 heterocycles. The Hall–Kier alpha value is -1.10. The Kier molecular flexibility index (Phi) is 3.68. The van der Waals surface area contributed by atoms with Crippen LogP contribution in [0.3, 0.4) is 0 Å². The van der Waals surface area contributed by atoms with Crippen LogP contribution >= 0.6 is 0 Å². The van der Waals surface area contributed by atoms with Gasteiger partial charge in [0.05, 0.1) is 5.75 Å². The van der Waals surface area contributed by atoms with Gasteiger partial charge >= 0.3 is 0 Å². The van der Waals surface area contributed by atoms with Gasteiger partial charge in [0.2, 0.25) is 0 Å². The molecular weight excluding hydrogens is 212 g/mol. The van der Waals surface area contributed by atoms with E-state index in [-0.39, 0.29) is 5.75 Å². The maximum Gasteiger partial charge on any atom is 0.147 e. The molecule has 4 nitrogen and oxygen atoms in total. The second-order valence-electron chi connectivity index (χ2n) is 3.73. The Morgan fingerprint density at radius 3 is 2.67 bits per heavy atom. The van der Waals surface area contributed by atoms with Gasteiger partial charge in [-0.15, -0.1) is 0 Å². The smallest absolute Gasteiger partial charge is 0.147 e. The lowest BCUT2D eigenvalue weighted by Crippen LogP contribution is -2.06. The van der Waals surface area contributed by atoms with Gasteiger partial charge in [-0.3, -0.25) is 0 Å². The fourth-order valence-electron chi connectivity index (χ4n) is 1.45. The van der Waals surface area contributed by atoms with Crippen LogP contribution in [-0.2, 0) is 16.3 Å². The van der Waals surface area contributed by atoms with Crippen LogP contribution in [0.25, 0.3) is 0 Å². The van der Waals surface area contributed by atoms with Gasteiger partial charge in [0.25, 0.3) is 0 Å². The predicted molar refractivity (Wildman–Crippen MR) is 61.4 cm³/mol. The zero-order valence-corrected chi connectivity index (χ0v) is 9.84. The van der Waals surface area contributed by atoms with Gasteiger partial charge in [-0.2, -0.15) is 0 Å². The van der Waals surface area contributed by atoms with Gasteiger partial charge in [0.1, 0.15) is 15.7 Å². The average Bonchev–Trinajstić information content (AvgIpc) is 2.08. The molecule has 0 amide bonds. The molecule has 0 radical (unpaired) electrons. The summed E-state index contributed by atoms with van der Waals surface area (Å²) in [5.74, 6) is 0.698. The second kappa shape index (κ2) is 4.61. The maximum absolute atomic E-state index is 10.9. The molecular formula is C10H16N2O2S. The van der Waals surface area contributed by atoms with Gasteiger partial charge in [-0.25, -0.2) is 13.4 Å². The maximum atomic E-state index is 10.9. The van der Waals surface area contributed by atoms with Crippen LogP contribution in [-0.4, -0.2) is 25.4 Å². The van der Waals surface area contributed by atoms with Crippen molar-refractivity contribution < 1.29 is 8.42 Å². The number of nitrogens with zero attached hydrogens (tertiary/aromatic N) is 1. The van der Waals surface area contributed by atoms with Crippen molar-refractivity contribution in [2.75, 3.05) is 17.7 Å². The van der Waals surface area contributed by atoms with Crippen LogP contribution in [0.5, 0.6) is 0 Å². The molecule has 0 bridgehead atoms. The summed E-state index contributed by atoms with van der Waals surface area (Å²) in [5, 5.41) is 0. The van der Waals surface area contributed by atoms with Crippen molar-refractivity contribution in [3.8, 4) is 0 Å². The molecule has 0 aliphatic rings. The highest BCUT2D eigenvalue weighted by atomic mass is 32.2. The minimum atomic E-state index is -2.88. The predicted octanol–water partition coefficient (Wildman–Crippen LogP) is 0.949. The summed E-state index contributed by atoms with van der Waals surface area (Å²) in [7, 11) is -2.88. The number of aromatic nitrogens is 1. The number of hydrogen-bond acceptors (Lipinski definition) is 4. The Balaban J connectivity index is 2.66. The van der Waals surface area contributed by atoms with Crippen molar-refractivity contribution in [2.24, 2.45) is 0 Å².